The van der Waals surface area contributed by atoms with Crippen LogP contribution in [0.4, 0.5) is 0 Å². The molecule has 2 rings (SSSR count). The lowest BCUT2D eigenvalue weighted by molar-refractivity contribution is 0.103. The van der Waals surface area contributed by atoms with Crippen molar-refractivity contribution in [3.05, 3.63) is 46.6 Å². The lowest BCUT2D eigenvalue weighted by Crippen LogP contribution is -2.09. The molecule has 0 aromatic heterocycles. The minimum absolute atomic E-state index is 0.0747. The molecule has 0 radical (unpaired) electrons. The van der Waals surface area contributed by atoms with Gasteiger partial charge in [0.15, 0.2) is 0 Å². The number of aliphatic hydroxyl groups excluding tert-OH is 1. The predicted molar refractivity (Wildman–Crippen MR) is 52.8 cm³/mol. The highest BCUT2D eigenvalue weighted by atomic mass is 32.2. The number of carbonyl (C=O) groups is 1. The summed E-state index contributed by atoms with van der Waals surface area (Å²) in [6.45, 7) is 0. The van der Waals surface area contributed by atoms with Crippen LogP contribution >= 0.6 is 11.8 Å². The van der Waals surface area contributed by atoms with E-state index in [1.54, 1.807) is 6.07 Å². The molecule has 1 N–H and O–H groups in total. The van der Waals surface area contributed by atoms with Gasteiger partial charge in [-0.1, -0.05) is 24.3 Å². The summed E-state index contributed by atoms with van der Waals surface area (Å²) < 4.78 is 0. The second kappa shape index (κ2) is 3.26. The minimum atomic E-state index is -0.0747. The molecule has 1 aliphatic rings. The Balaban J connectivity index is 2.51. The maximum Gasteiger partial charge on any atom is 0.202 e. The Bertz CT molecular complexity index is 382. The molecular weight excluding hydrogens is 184 g/mol. The molecule has 0 bridgehead atoms. The Morgan fingerprint density at radius 1 is 1.38 bits per heavy atom. The van der Waals surface area contributed by atoms with Gasteiger partial charge in [0, 0.05) is 11.3 Å². The molecule has 0 atom stereocenters. The Morgan fingerprint density at radius 2 is 2.15 bits per heavy atom. The quantitative estimate of drug-likeness (QED) is 0.507. The molecule has 13 heavy (non-hydrogen) atoms. The smallest absolute Gasteiger partial charge is 0.202 e. The third kappa shape index (κ3) is 1.35. The number of fused-ring (bicyclic) bond motifs is 1. The highest BCUT2D eigenvalue weighted by molar-refractivity contribution is 8.03. The summed E-state index contributed by atoms with van der Waals surface area (Å²) in [4.78, 5) is 12.0. The van der Waals surface area contributed by atoms with E-state index >= 15 is 0 Å². The number of thioether (sulfide) groups is 1. The van der Waals surface area contributed by atoms with Crippen LogP contribution in [0.15, 0.2) is 35.4 Å². The standard InChI is InChI=1S/C10H8O2S/c11-5-9-10(12)8-4-2-1-3-7(8)6-13-9/h1-5,11H,6H2/b9-5-. The molecule has 0 amide bonds. The van der Waals surface area contributed by atoms with Crippen LogP contribution < -0.4 is 0 Å². The normalized spacial score (nSPS) is 18.8. The maximum atomic E-state index is 11.6. The number of aliphatic hydroxyl groups is 1. The van der Waals surface area contributed by atoms with E-state index in [0.29, 0.717) is 10.5 Å². The van der Waals surface area contributed by atoms with Crippen LogP contribution in [0.5, 0.6) is 0 Å². The van der Waals surface area contributed by atoms with Gasteiger partial charge in [0.1, 0.15) is 0 Å². The molecule has 3 heteroatoms. The fourth-order valence-corrected chi connectivity index (χ4v) is 2.20. The molecule has 0 saturated carbocycles. The van der Waals surface area contributed by atoms with Gasteiger partial charge >= 0.3 is 0 Å². The molecule has 0 saturated heterocycles. The Kier molecular flexibility index (Phi) is 2.10. The van der Waals surface area contributed by atoms with Gasteiger partial charge in [-0.2, -0.15) is 0 Å². The van der Waals surface area contributed by atoms with Gasteiger partial charge in [-0.25, -0.2) is 0 Å². The third-order valence-electron chi connectivity index (χ3n) is 1.99. The molecular formula is C10H8O2S. The zero-order chi connectivity index (χ0) is 9.26. The third-order valence-corrected chi connectivity index (χ3v) is 3.04. The van der Waals surface area contributed by atoms with Crippen LogP contribution in [0.25, 0.3) is 0 Å². The first-order valence-electron chi connectivity index (χ1n) is 3.92. The van der Waals surface area contributed by atoms with E-state index in [4.69, 9.17) is 5.11 Å². The summed E-state index contributed by atoms with van der Waals surface area (Å²) in [5.74, 6) is 0.684. The van der Waals surface area contributed by atoms with Gasteiger partial charge < -0.3 is 5.11 Å². The second-order valence-electron chi connectivity index (χ2n) is 2.77. The number of benzene rings is 1. The van der Waals surface area contributed by atoms with E-state index in [0.717, 1.165) is 17.6 Å². The molecule has 0 unspecified atom stereocenters. The van der Waals surface area contributed by atoms with Gasteiger partial charge in [0.25, 0.3) is 0 Å². The van der Waals surface area contributed by atoms with Crippen molar-refractivity contribution < 1.29 is 9.90 Å². The Labute approximate surface area is 80.3 Å². The fourth-order valence-electron chi connectivity index (χ4n) is 1.32. The van der Waals surface area contributed by atoms with E-state index < -0.39 is 0 Å². The number of Topliss-reactive ketones (excluding diaryl/α,β-unsaturated/α-hetero) is 1. The SMILES string of the molecule is O=C1/C(=C/O)SCc2ccccc21. The van der Waals surface area contributed by atoms with Crippen LogP contribution in [0.3, 0.4) is 0 Å². The maximum absolute atomic E-state index is 11.6. The highest BCUT2D eigenvalue weighted by Crippen LogP contribution is 2.32. The predicted octanol–water partition coefficient (Wildman–Crippen LogP) is 2.52. The molecule has 1 aliphatic heterocycles. The summed E-state index contributed by atoms with van der Waals surface area (Å²) in [5.41, 5.74) is 1.75. The van der Waals surface area contributed by atoms with Crippen molar-refractivity contribution in [2.24, 2.45) is 0 Å². The van der Waals surface area contributed by atoms with Crippen molar-refractivity contribution in [3.8, 4) is 0 Å². The zero-order valence-corrected chi connectivity index (χ0v) is 7.67. The van der Waals surface area contributed by atoms with Crippen molar-refractivity contribution in [2.75, 3.05) is 0 Å². The van der Waals surface area contributed by atoms with Gasteiger partial charge in [-0.05, 0) is 5.56 Å². The lowest BCUT2D eigenvalue weighted by atomic mass is 10.0. The van der Waals surface area contributed by atoms with E-state index in [2.05, 4.69) is 0 Å². The number of ketones is 1. The average Bonchev–Trinajstić information content (AvgIpc) is 2.19. The lowest BCUT2D eigenvalue weighted by Gasteiger charge is -2.15. The van der Waals surface area contributed by atoms with E-state index in [9.17, 15) is 4.79 Å². The fraction of sp³-hybridized carbons (Fsp3) is 0.100. The Morgan fingerprint density at radius 3 is 2.92 bits per heavy atom. The minimum Gasteiger partial charge on any atom is -0.514 e. The molecule has 1 aromatic rings. The highest BCUT2D eigenvalue weighted by Gasteiger charge is 2.21. The van der Waals surface area contributed by atoms with E-state index in [-0.39, 0.29) is 5.78 Å². The molecule has 1 aromatic carbocycles. The number of hydrogen-bond donors (Lipinski definition) is 1. The first kappa shape index (κ1) is 8.38. The van der Waals surface area contributed by atoms with Gasteiger partial charge in [0.05, 0.1) is 11.2 Å². The average molecular weight is 192 g/mol. The number of carbonyl (C=O) groups excluding carboxylic acids is 1. The summed E-state index contributed by atoms with van der Waals surface area (Å²) >= 11 is 1.38. The van der Waals surface area contributed by atoms with Crippen molar-refractivity contribution >= 4 is 17.5 Å². The van der Waals surface area contributed by atoms with Crippen LogP contribution in [0, 0.1) is 0 Å². The summed E-state index contributed by atoms with van der Waals surface area (Å²) in [7, 11) is 0. The summed E-state index contributed by atoms with van der Waals surface area (Å²) in [5, 5.41) is 8.78. The van der Waals surface area contributed by atoms with Gasteiger partial charge in [-0.3, -0.25) is 4.79 Å². The summed E-state index contributed by atoms with van der Waals surface area (Å²) in [6, 6.07) is 7.48. The van der Waals surface area contributed by atoms with Crippen LogP contribution in [0.1, 0.15) is 15.9 Å². The van der Waals surface area contributed by atoms with E-state index in [1.165, 1.54) is 11.8 Å². The van der Waals surface area contributed by atoms with Crippen LogP contribution in [0.2, 0.25) is 0 Å². The first-order chi connectivity index (χ1) is 6.33. The molecule has 66 valence electrons. The topological polar surface area (TPSA) is 37.3 Å². The first-order valence-corrected chi connectivity index (χ1v) is 4.91. The van der Waals surface area contributed by atoms with Gasteiger partial charge in [0.2, 0.25) is 5.78 Å². The molecule has 0 spiro atoms. The molecule has 2 nitrogen and oxygen atoms in total. The number of rotatable bonds is 0. The zero-order valence-electron chi connectivity index (χ0n) is 6.86. The van der Waals surface area contributed by atoms with Crippen molar-refractivity contribution in [1.29, 1.82) is 0 Å². The molecule has 1 heterocycles. The second-order valence-corrected chi connectivity index (χ2v) is 3.79. The van der Waals surface area contributed by atoms with Crippen molar-refractivity contribution in [2.45, 2.75) is 5.75 Å². The number of hydrogen-bond acceptors (Lipinski definition) is 3. The van der Waals surface area contributed by atoms with E-state index in [1.807, 2.05) is 18.2 Å². The molecule has 0 aliphatic carbocycles. The van der Waals surface area contributed by atoms with Gasteiger partial charge in [-0.15, -0.1) is 11.8 Å². The monoisotopic (exact) mass is 192 g/mol. The number of allylic oxidation sites excluding steroid dienone is 1. The molecule has 0 fully saturated rings. The Hall–Kier alpha value is -1.22. The van der Waals surface area contributed by atoms with Crippen LogP contribution in [-0.2, 0) is 5.75 Å². The van der Waals surface area contributed by atoms with Crippen molar-refractivity contribution in [1.82, 2.24) is 0 Å². The van der Waals surface area contributed by atoms with Crippen LogP contribution in [-0.4, -0.2) is 10.9 Å². The largest absolute Gasteiger partial charge is 0.514 e. The summed E-state index contributed by atoms with van der Waals surface area (Å²) in [6.07, 6.45) is 0.892. The van der Waals surface area contributed by atoms with Crippen molar-refractivity contribution in [3.63, 3.8) is 0 Å².